The molecular weight excluding hydrogens is 376 g/mol. The van der Waals surface area contributed by atoms with Crippen molar-refractivity contribution in [3.8, 4) is 22.6 Å². The van der Waals surface area contributed by atoms with Crippen LogP contribution in [0.5, 0.6) is 11.5 Å². The zero-order valence-electron chi connectivity index (χ0n) is 19.0. The molecule has 0 bridgehead atoms. The maximum Gasteiger partial charge on any atom is 0.194 e. The van der Waals surface area contributed by atoms with Crippen LogP contribution in [0.4, 0.5) is 0 Å². The molecule has 0 saturated carbocycles. The van der Waals surface area contributed by atoms with Crippen molar-refractivity contribution in [2.45, 2.75) is 52.6 Å². The smallest absolute Gasteiger partial charge is 0.194 e. The van der Waals surface area contributed by atoms with Crippen molar-refractivity contribution < 1.29 is 14.3 Å². The summed E-state index contributed by atoms with van der Waals surface area (Å²) in [7, 11) is 0. The van der Waals surface area contributed by atoms with E-state index in [-0.39, 0.29) is 16.9 Å². The van der Waals surface area contributed by atoms with Gasteiger partial charge in [0.1, 0.15) is 24.7 Å². The van der Waals surface area contributed by atoms with Crippen LogP contribution >= 0.6 is 0 Å². The lowest BCUT2D eigenvalue weighted by Gasteiger charge is -2.20. The summed E-state index contributed by atoms with van der Waals surface area (Å²) >= 11 is 0. The van der Waals surface area contributed by atoms with Gasteiger partial charge in [0.15, 0.2) is 5.78 Å². The van der Waals surface area contributed by atoms with Crippen molar-refractivity contribution in [1.29, 1.82) is 0 Å². The summed E-state index contributed by atoms with van der Waals surface area (Å²) in [6, 6.07) is 11.5. The van der Waals surface area contributed by atoms with Crippen LogP contribution in [-0.4, -0.2) is 43.2 Å². The second-order valence-electron chi connectivity index (χ2n) is 9.79. The standard InChI is InChI=1S/C25H34N2O3/c1-24(2,3)26-11-13-29-17-7-9-19-20-10-8-18(30-14-12-27-25(4,5)6)16-22(20)23(28)21(19)15-17/h7-10,15-16,26-27H,11-14H2,1-6H3. The first-order valence-corrected chi connectivity index (χ1v) is 10.6. The van der Waals surface area contributed by atoms with Gasteiger partial charge < -0.3 is 20.1 Å². The maximum atomic E-state index is 13.0. The molecule has 30 heavy (non-hydrogen) atoms. The molecule has 2 aromatic carbocycles. The zero-order chi connectivity index (χ0) is 21.9. The van der Waals surface area contributed by atoms with Gasteiger partial charge in [-0.15, -0.1) is 0 Å². The Hall–Kier alpha value is -2.37. The van der Waals surface area contributed by atoms with Crippen molar-refractivity contribution >= 4 is 5.78 Å². The Labute approximate surface area is 180 Å². The van der Waals surface area contributed by atoms with Crippen molar-refractivity contribution in [2.24, 2.45) is 0 Å². The molecule has 0 radical (unpaired) electrons. The minimum absolute atomic E-state index is 0.0246. The average Bonchev–Trinajstić information content (AvgIpc) is 2.93. The minimum atomic E-state index is 0.0246. The van der Waals surface area contributed by atoms with E-state index in [9.17, 15) is 4.79 Å². The fourth-order valence-corrected chi connectivity index (χ4v) is 3.41. The van der Waals surface area contributed by atoms with Gasteiger partial charge in [0.25, 0.3) is 0 Å². The van der Waals surface area contributed by atoms with E-state index in [2.05, 4.69) is 52.2 Å². The lowest BCUT2D eigenvalue weighted by Crippen LogP contribution is -2.38. The largest absolute Gasteiger partial charge is 0.492 e. The molecule has 0 spiro atoms. The van der Waals surface area contributed by atoms with Crippen LogP contribution < -0.4 is 20.1 Å². The molecule has 2 aromatic rings. The fraction of sp³-hybridized carbons (Fsp3) is 0.480. The number of carbonyl (C=O) groups is 1. The minimum Gasteiger partial charge on any atom is -0.492 e. The first-order valence-electron chi connectivity index (χ1n) is 10.6. The second kappa shape index (κ2) is 8.78. The highest BCUT2D eigenvalue weighted by Crippen LogP contribution is 2.39. The third kappa shape index (κ3) is 5.83. The topological polar surface area (TPSA) is 59.6 Å². The van der Waals surface area contributed by atoms with Crippen molar-refractivity contribution in [3.05, 3.63) is 47.5 Å². The van der Waals surface area contributed by atoms with Gasteiger partial charge in [-0.2, -0.15) is 0 Å². The van der Waals surface area contributed by atoms with Crippen LogP contribution in [0.3, 0.4) is 0 Å². The lowest BCUT2D eigenvalue weighted by atomic mass is 10.1. The lowest BCUT2D eigenvalue weighted by molar-refractivity contribution is 0.104. The zero-order valence-corrected chi connectivity index (χ0v) is 19.0. The Bertz CT molecular complexity index is 834. The van der Waals surface area contributed by atoms with Crippen LogP contribution in [0, 0.1) is 0 Å². The number of hydrogen-bond donors (Lipinski definition) is 2. The molecule has 5 heteroatoms. The molecule has 0 atom stereocenters. The van der Waals surface area contributed by atoms with Gasteiger partial charge in [0, 0.05) is 35.3 Å². The second-order valence-corrected chi connectivity index (χ2v) is 9.79. The van der Waals surface area contributed by atoms with E-state index < -0.39 is 0 Å². The first-order chi connectivity index (χ1) is 14.0. The van der Waals surface area contributed by atoms with Crippen LogP contribution in [-0.2, 0) is 0 Å². The summed E-state index contributed by atoms with van der Waals surface area (Å²) in [6.07, 6.45) is 0. The summed E-state index contributed by atoms with van der Waals surface area (Å²) < 4.78 is 11.7. The predicted octanol–water partition coefficient (Wildman–Crippen LogP) is 4.43. The molecule has 162 valence electrons. The highest BCUT2D eigenvalue weighted by Gasteiger charge is 2.27. The average molecular weight is 411 g/mol. The summed E-state index contributed by atoms with van der Waals surface area (Å²) in [5.41, 5.74) is 3.41. The molecule has 5 nitrogen and oxygen atoms in total. The molecule has 0 unspecified atom stereocenters. The number of ether oxygens (including phenoxy) is 2. The van der Waals surface area contributed by atoms with Gasteiger partial charge in [-0.3, -0.25) is 4.79 Å². The third-order valence-corrected chi connectivity index (χ3v) is 4.81. The van der Waals surface area contributed by atoms with E-state index in [1.165, 1.54) is 0 Å². The number of nitrogens with one attached hydrogen (secondary N) is 2. The fourth-order valence-electron chi connectivity index (χ4n) is 3.41. The van der Waals surface area contributed by atoms with E-state index in [1.807, 2.05) is 36.4 Å². The molecule has 0 amide bonds. The predicted molar refractivity (Wildman–Crippen MR) is 122 cm³/mol. The van der Waals surface area contributed by atoms with Gasteiger partial charge in [-0.05, 0) is 89.1 Å². The third-order valence-electron chi connectivity index (χ3n) is 4.81. The van der Waals surface area contributed by atoms with Crippen LogP contribution in [0.2, 0.25) is 0 Å². The number of rotatable bonds is 8. The van der Waals surface area contributed by atoms with E-state index in [0.29, 0.717) is 24.3 Å². The molecule has 1 aliphatic rings. The molecule has 3 rings (SSSR count). The monoisotopic (exact) mass is 410 g/mol. The number of benzene rings is 2. The van der Waals surface area contributed by atoms with E-state index in [1.54, 1.807) is 0 Å². The van der Waals surface area contributed by atoms with Gasteiger partial charge in [0.05, 0.1) is 0 Å². The number of fused-ring (bicyclic) bond motifs is 3. The Kier molecular flexibility index (Phi) is 6.53. The number of carbonyl (C=O) groups excluding carboxylic acids is 1. The summed E-state index contributed by atoms with van der Waals surface area (Å²) in [6.45, 7) is 15.3. The van der Waals surface area contributed by atoms with Crippen molar-refractivity contribution in [3.63, 3.8) is 0 Å². The van der Waals surface area contributed by atoms with E-state index in [4.69, 9.17) is 9.47 Å². The molecule has 0 saturated heterocycles. The molecule has 0 aliphatic heterocycles. The SMILES string of the molecule is CC(C)(C)NCCOc1ccc2c(c1)C(=O)c1cc(OCCNC(C)(C)C)ccc1-2. The van der Waals surface area contributed by atoms with E-state index >= 15 is 0 Å². The van der Waals surface area contributed by atoms with Crippen LogP contribution in [0.25, 0.3) is 11.1 Å². The normalized spacial score (nSPS) is 13.2. The first kappa shape index (κ1) is 22.3. The molecule has 1 aliphatic carbocycles. The Balaban J connectivity index is 1.63. The molecular formula is C25H34N2O3. The summed E-state index contributed by atoms with van der Waals surface area (Å²) in [5.74, 6) is 1.46. The highest BCUT2D eigenvalue weighted by atomic mass is 16.5. The highest BCUT2D eigenvalue weighted by molar-refractivity contribution is 6.22. The van der Waals surface area contributed by atoms with Gasteiger partial charge in [0.2, 0.25) is 0 Å². The summed E-state index contributed by atoms with van der Waals surface area (Å²) in [5, 5.41) is 6.78. The van der Waals surface area contributed by atoms with Gasteiger partial charge in [-0.1, -0.05) is 0 Å². The van der Waals surface area contributed by atoms with Gasteiger partial charge in [-0.25, -0.2) is 0 Å². The van der Waals surface area contributed by atoms with Crippen LogP contribution in [0.15, 0.2) is 36.4 Å². The van der Waals surface area contributed by atoms with Crippen molar-refractivity contribution in [1.82, 2.24) is 10.6 Å². The molecule has 2 N–H and O–H groups in total. The Morgan fingerprint density at radius 2 is 1.07 bits per heavy atom. The quantitative estimate of drug-likeness (QED) is 0.538. The van der Waals surface area contributed by atoms with Crippen molar-refractivity contribution in [2.75, 3.05) is 26.3 Å². The maximum absolute atomic E-state index is 13.0. The Morgan fingerprint density at radius 3 is 1.43 bits per heavy atom. The Morgan fingerprint density at radius 1 is 0.667 bits per heavy atom. The van der Waals surface area contributed by atoms with Crippen LogP contribution in [0.1, 0.15) is 57.5 Å². The number of ketones is 1. The molecule has 0 fully saturated rings. The van der Waals surface area contributed by atoms with E-state index in [0.717, 1.165) is 35.7 Å². The summed E-state index contributed by atoms with van der Waals surface area (Å²) in [4.78, 5) is 13.0. The molecule has 0 aromatic heterocycles. The van der Waals surface area contributed by atoms with Gasteiger partial charge >= 0.3 is 0 Å². The molecule has 0 heterocycles. The number of hydrogen-bond acceptors (Lipinski definition) is 5.